The fraction of sp³-hybridized carbons (Fsp3) is 0.692. The first kappa shape index (κ1) is 16.0. The molecule has 0 radical (unpaired) electrons. The SMILES string of the molecule is Cc1cc(C(=O)NC(C)C2CCCNC2)n(C)n1.Cl. The van der Waals surface area contributed by atoms with E-state index in [0.29, 0.717) is 11.6 Å². The van der Waals surface area contributed by atoms with Crippen LogP contribution in [0.3, 0.4) is 0 Å². The highest BCUT2D eigenvalue weighted by molar-refractivity contribution is 5.92. The number of hydrogen-bond acceptors (Lipinski definition) is 3. The number of aryl methyl sites for hydroxylation is 2. The number of amides is 1. The van der Waals surface area contributed by atoms with Crippen molar-refractivity contribution >= 4 is 18.3 Å². The fourth-order valence-corrected chi connectivity index (χ4v) is 2.53. The standard InChI is InChI=1S/C13H22N4O.ClH/c1-9-7-12(17(3)16-9)13(18)15-10(2)11-5-4-6-14-8-11;/h7,10-11,14H,4-6,8H2,1-3H3,(H,15,18);1H. The van der Waals surface area contributed by atoms with Gasteiger partial charge in [0.25, 0.3) is 5.91 Å². The van der Waals surface area contributed by atoms with E-state index in [1.807, 2.05) is 13.0 Å². The summed E-state index contributed by atoms with van der Waals surface area (Å²) in [5.74, 6) is 0.494. The Hall–Kier alpha value is -1.07. The van der Waals surface area contributed by atoms with E-state index in [0.717, 1.165) is 18.8 Å². The van der Waals surface area contributed by atoms with Crippen molar-refractivity contribution in [2.24, 2.45) is 13.0 Å². The summed E-state index contributed by atoms with van der Waals surface area (Å²) in [5.41, 5.74) is 1.50. The van der Waals surface area contributed by atoms with Crippen LogP contribution in [0, 0.1) is 12.8 Å². The number of aromatic nitrogens is 2. The van der Waals surface area contributed by atoms with Crippen LogP contribution in [0.1, 0.15) is 35.9 Å². The number of rotatable bonds is 3. The highest BCUT2D eigenvalue weighted by atomic mass is 35.5. The van der Waals surface area contributed by atoms with Crippen molar-refractivity contribution in [3.63, 3.8) is 0 Å². The average molecular weight is 287 g/mol. The molecular formula is C13H23ClN4O. The zero-order valence-corrected chi connectivity index (χ0v) is 12.6. The molecule has 2 rings (SSSR count). The number of carbonyl (C=O) groups is 1. The Balaban J connectivity index is 0.00000180. The lowest BCUT2D eigenvalue weighted by Gasteiger charge is -2.28. The van der Waals surface area contributed by atoms with Gasteiger partial charge in [-0.15, -0.1) is 12.4 Å². The van der Waals surface area contributed by atoms with Gasteiger partial charge in [-0.3, -0.25) is 9.48 Å². The fourth-order valence-electron chi connectivity index (χ4n) is 2.53. The van der Waals surface area contributed by atoms with E-state index in [2.05, 4.69) is 22.7 Å². The van der Waals surface area contributed by atoms with Gasteiger partial charge in [0.2, 0.25) is 0 Å². The predicted octanol–water partition coefficient (Wildman–Crippen LogP) is 1.27. The van der Waals surface area contributed by atoms with Gasteiger partial charge in [0.15, 0.2) is 0 Å². The maximum absolute atomic E-state index is 12.1. The van der Waals surface area contributed by atoms with Gasteiger partial charge in [0, 0.05) is 13.1 Å². The Morgan fingerprint density at radius 1 is 1.63 bits per heavy atom. The Morgan fingerprint density at radius 3 is 2.89 bits per heavy atom. The van der Waals surface area contributed by atoms with Gasteiger partial charge in [-0.2, -0.15) is 5.10 Å². The number of piperidine rings is 1. The Morgan fingerprint density at radius 2 is 2.37 bits per heavy atom. The van der Waals surface area contributed by atoms with Crippen LogP contribution in [0.5, 0.6) is 0 Å². The van der Waals surface area contributed by atoms with E-state index in [1.165, 1.54) is 12.8 Å². The van der Waals surface area contributed by atoms with Crippen molar-refractivity contribution in [3.05, 3.63) is 17.5 Å². The maximum atomic E-state index is 12.1. The minimum atomic E-state index is -0.0313. The van der Waals surface area contributed by atoms with Crippen molar-refractivity contribution in [1.29, 1.82) is 0 Å². The number of halogens is 1. The number of carbonyl (C=O) groups excluding carboxylic acids is 1. The topological polar surface area (TPSA) is 59.0 Å². The second-order valence-electron chi connectivity index (χ2n) is 5.16. The molecule has 2 unspecified atom stereocenters. The van der Waals surface area contributed by atoms with E-state index < -0.39 is 0 Å². The highest BCUT2D eigenvalue weighted by Gasteiger charge is 2.22. The van der Waals surface area contributed by atoms with Crippen LogP contribution in [0.25, 0.3) is 0 Å². The van der Waals surface area contributed by atoms with E-state index >= 15 is 0 Å². The summed E-state index contributed by atoms with van der Waals surface area (Å²) in [4.78, 5) is 12.1. The van der Waals surface area contributed by atoms with Crippen LogP contribution in [-0.2, 0) is 7.05 Å². The molecule has 0 spiro atoms. The summed E-state index contributed by atoms with van der Waals surface area (Å²) in [7, 11) is 1.80. The van der Waals surface area contributed by atoms with E-state index in [4.69, 9.17) is 0 Å². The molecule has 1 aromatic rings. The zero-order valence-electron chi connectivity index (χ0n) is 11.8. The van der Waals surface area contributed by atoms with E-state index in [9.17, 15) is 4.79 Å². The molecule has 0 bridgehead atoms. The summed E-state index contributed by atoms with van der Waals surface area (Å²) in [5, 5.41) is 10.7. The Bertz CT molecular complexity index is 426. The largest absolute Gasteiger partial charge is 0.348 e. The van der Waals surface area contributed by atoms with Gasteiger partial charge < -0.3 is 10.6 Å². The second kappa shape index (κ2) is 6.91. The molecule has 1 fully saturated rings. The minimum absolute atomic E-state index is 0. The number of hydrogen-bond donors (Lipinski definition) is 2. The van der Waals surface area contributed by atoms with Crippen molar-refractivity contribution in [2.45, 2.75) is 32.7 Å². The van der Waals surface area contributed by atoms with Gasteiger partial charge >= 0.3 is 0 Å². The molecule has 1 aromatic heterocycles. The molecular weight excluding hydrogens is 264 g/mol. The maximum Gasteiger partial charge on any atom is 0.269 e. The molecule has 1 amide bonds. The lowest BCUT2D eigenvalue weighted by atomic mass is 9.93. The normalized spacial score (nSPS) is 20.5. The van der Waals surface area contributed by atoms with Gasteiger partial charge in [-0.1, -0.05) is 0 Å². The lowest BCUT2D eigenvalue weighted by Crippen LogP contribution is -2.44. The van der Waals surface area contributed by atoms with Gasteiger partial charge in [0.05, 0.1) is 5.69 Å². The van der Waals surface area contributed by atoms with Gasteiger partial charge in [0.1, 0.15) is 5.69 Å². The van der Waals surface area contributed by atoms with Crippen LogP contribution in [-0.4, -0.2) is 34.8 Å². The third-order valence-corrected chi connectivity index (χ3v) is 3.64. The van der Waals surface area contributed by atoms with Crippen LogP contribution < -0.4 is 10.6 Å². The zero-order chi connectivity index (χ0) is 13.1. The van der Waals surface area contributed by atoms with Crippen molar-refractivity contribution < 1.29 is 4.79 Å². The van der Waals surface area contributed by atoms with Crippen molar-refractivity contribution in [1.82, 2.24) is 20.4 Å². The van der Waals surface area contributed by atoms with Crippen molar-refractivity contribution in [3.8, 4) is 0 Å². The highest BCUT2D eigenvalue weighted by Crippen LogP contribution is 2.14. The molecule has 0 aromatic carbocycles. The van der Waals surface area contributed by atoms with E-state index in [-0.39, 0.29) is 24.4 Å². The molecule has 0 saturated carbocycles. The predicted molar refractivity (Wildman–Crippen MR) is 77.7 cm³/mol. The summed E-state index contributed by atoms with van der Waals surface area (Å²) < 4.78 is 1.64. The summed E-state index contributed by atoms with van der Waals surface area (Å²) >= 11 is 0. The smallest absolute Gasteiger partial charge is 0.269 e. The first-order chi connectivity index (χ1) is 8.58. The van der Waals surface area contributed by atoms with Crippen LogP contribution in [0.2, 0.25) is 0 Å². The van der Waals surface area contributed by atoms with Crippen LogP contribution >= 0.6 is 12.4 Å². The Kier molecular flexibility index (Phi) is 5.82. The molecule has 1 saturated heterocycles. The molecule has 1 aliphatic heterocycles. The summed E-state index contributed by atoms with van der Waals surface area (Å²) in [6.45, 7) is 6.06. The Labute approximate surface area is 120 Å². The molecule has 19 heavy (non-hydrogen) atoms. The first-order valence-electron chi connectivity index (χ1n) is 6.60. The monoisotopic (exact) mass is 286 g/mol. The summed E-state index contributed by atoms with van der Waals surface area (Å²) in [6, 6.07) is 2.02. The molecule has 0 aliphatic carbocycles. The molecule has 2 N–H and O–H groups in total. The van der Waals surface area contributed by atoms with Crippen LogP contribution in [0.4, 0.5) is 0 Å². The third-order valence-electron chi connectivity index (χ3n) is 3.64. The molecule has 1 aliphatic rings. The average Bonchev–Trinajstić information content (AvgIpc) is 2.69. The molecule has 2 atom stereocenters. The molecule has 2 heterocycles. The first-order valence-corrected chi connectivity index (χ1v) is 6.60. The molecule has 108 valence electrons. The third kappa shape index (κ3) is 3.94. The number of nitrogens with one attached hydrogen (secondary N) is 2. The van der Waals surface area contributed by atoms with Gasteiger partial charge in [-0.25, -0.2) is 0 Å². The second-order valence-corrected chi connectivity index (χ2v) is 5.16. The minimum Gasteiger partial charge on any atom is -0.348 e. The van der Waals surface area contributed by atoms with Gasteiger partial charge in [-0.05, 0) is 51.8 Å². The molecule has 5 nitrogen and oxygen atoms in total. The quantitative estimate of drug-likeness (QED) is 0.880. The van der Waals surface area contributed by atoms with Crippen molar-refractivity contribution in [2.75, 3.05) is 13.1 Å². The lowest BCUT2D eigenvalue weighted by molar-refractivity contribution is 0.0912. The van der Waals surface area contributed by atoms with Crippen LogP contribution in [0.15, 0.2) is 6.07 Å². The number of nitrogens with zero attached hydrogens (tertiary/aromatic N) is 2. The van der Waals surface area contributed by atoms with E-state index in [1.54, 1.807) is 11.7 Å². The summed E-state index contributed by atoms with van der Waals surface area (Å²) in [6.07, 6.45) is 2.37. The molecule has 6 heteroatoms.